The summed E-state index contributed by atoms with van der Waals surface area (Å²) in [6.07, 6.45) is 1.65. The van der Waals surface area contributed by atoms with Crippen molar-refractivity contribution in [3.8, 4) is 0 Å². The molecule has 1 aromatic rings. The van der Waals surface area contributed by atoms with E-state index in [1.807, 2.05) is 6.07 Å². The summed E-state index contributed by atoms with van der Waals surface area (Å²) < 4.78 is 0.811. The van der Waals surface area contributed by atoms with Crippen molar-refractivity contribution in [2.75, 3.05) is 0 Å². The third kappa shape index (κ3) is 3.43. The van der Waals surface area contributed by atoms with Gasteiger partial charge < -0.3 is 10.4 Å². The number of aliphatic carboxylic acids is 1. The molecule has 5 heteroatoms. The Bertz CT molecular complexity index is 485. The van der Waals surface area contributed by atoms with Crippen LogP contribution in [0.2, 0.25) is 0 Å². The summed E-state index contributed by atoms with van der Waals surface area (Å²) in [5, 5.41) is 11.4. The monoisotopic (exact) mass is 311 g/mol. The van der Waals surface area contributed by atoms with Crippen LogP contribution in [0.5, 0.6) is 0 Å². The number of carboxylic acids is 1. The fourth-order valence-corrected chi connectivity index (χ4v) is 1.84. The summed E-state index contributed by atoms with van der Waals surface area (Å²) in [6.45, 7) is 5.27. The number of carbonyl (C=O) groups excluding carboxylic acids is 1. The number of carbonyl (C=O) groups is 2. The highest BCUT2D eigenvalue weighted by atomic mass is 79.9. The zero-order valence-corrected chi connectivity index (χ0v) is 11.5. The maximum atomic E-state index is 12.0. The number of hydrogen-bond donors (Lipinski definition) is 2. The van der Waals surface area contributed by atoms with Crippen molar-refractivity contribution in [1.82, 2.24) is 5.32 Å². The minimum absolute atomic E-state index is 0.189. The molecule has 0 saturated heterocycles. The number of rotatable bonds is 5. The van der Waals surface area contributed by atoms with Gasteiger partial charge in [-0.1, -0.05) is 28.1 Å². The molecule has 0 saturated carbocycles. The molecule has 96 valence electrons. The summed E-state index contributed by atoms with van der Waals surface area (Å²) in [6, 6.07) is 4.26. The van der Waals surface area contributed by atoms with Crippen LogP contribution in [-0.4, -0.2) is 23.0 Å². The molecule has 0 aliphatic rings. The van der Waals surface area contributed by atoms with Crippen molar-refractivity contribution < 1.29 is 14.7 Å². The molecule has 1 unspecified atom stereocenters. The Kier molecular flexibility index (Phi) is 5.09. The number of benzene rings is 1. The Labute approximate surface area is 114 Å². The molecule has 1 atom stereocenters. The molecule has 0 aliphatic carbocycles. The predicted octanol–water partition coefficient (Wildman–Crippen LogP) is 2.52. The third-order valence-electron chi connectivity index (χ3n) is 2.52. The molecule has 18 heavy (non-hydrogen) atoms. The minimum Gasteiger partial charge on any atom is -0.480 e. The molecule has 4 nitrogen and oxygen atoms in total. The average molecular weight is 312 g/mol. The second kappa shape index (κ2) is 6.35. The molecule has 0 spiro atoms. The fraction of sp³-hybridized carbons (Fsp3) is 0.231. The van der Waals surface area contributed by atoms with Gasteiger partial charge in [0.15, 0.2) is 0 Å². The maximum absolute atomic E-state index is 12.0. The van der Waals surface area contributed by atoms with Gasteiger partial charge in [0, 0.05) is 10.0 Å². The van der Waals surface area contributed by atoms with E-state index < -0.39 is 17.9 Å². The molecule has 0 bridgehead atoms. The van der Waals surface area contributed by atoms with Crippen LogP contribution < -0.4 is 5.32 Å². The largest absolute Gasteiger partial charge is 0.480 e. The van der Waals surface area contributed by atoms with Crippen LogP contribution >= 0.6 is 15.9 Å². The van der Waals surface area contributed by atoms with Crippen molar-refractivity contribution in [2.24, 2.45) is 0 Å². The normalized spacial score (nSPS) is 11.7. The number of hydrogen-bond acceptors (Lipinski definition) is 2. The van der Waals surface area contributed by atoms with Gasteiger partial charge in [-0.15, -0.1) is 6.58 Å². The molecule has 0 aliphatic heterocycles. The number of amides is 1. The minimum atomic E-state index is -1.07. The van der Waals surface area contributed by atoms with Crippen LogP contribution in [0.25, 0.3) is 0 Å². The number of nitrogens with one attached hydrogen (secondary N) is 1. The maximum Gasteiger partial charge on any atom is 0.326 e. The van der Waals surface area contributed by atoms with E-state index in [2.05, 4.69) is 27.8 Å². The SMILES string of the molecule is C=CCC(NC(=O)c1cccc(Br)c1C)C(=O)O. The van der Waals surface area contributed by atoms with Gasteiger partial charge in [-0.3, -0.25) is 4.79 Å². The van der Waals surface area contributed by atoms with Crippen molar-refractivity contribution in [3.05, 3.63) is 46.5 Å². The second-order valence-electron chi connectivity index (χ2n) is 3.80. The zero-order valence-electron chi connectivity index (χ0n) is 9.94. The van der Waals surface area contributed by atoms with E-state index in [1.165, 1.54) is 6.08 Å². The second-order valence-corrected chi connectivity index (χ2v) is 4.66. The lowest BCUT2D eigenvalue weighted by molar-refractivity contribution is -0.139. The van der Waals surface area contributed by atoms with E-state index in [9.17, 15) is 9.59 Å². The molecule has 1 amide bonds. The lowest BCUT2D eigenvalue weighted by Crippen LogP contribution is -2.40. The van der Waals surface area contributed by atoms with Crippen molar-refractivity contribution in [3.63, 3.8) is 0 Å². The first-order valence-electron chi connectivity index (χ1n) is 5.37. The van der Waals surface area contributed by atoms with E-state index in [1.54, 1.807) is 19.1 Å². The Morgan fingerprint density at radius 3 is 2.78 bits per heavy atom. The molecular weight excluding hydrogens is 298 g/mol. The van der Waals surface area contributed by atoms with Crippen molar-refractivity contribution in [2.45, 2.75) is 19.4 Å². The summed E-state index contributed by atoms with van der Waals surface area (Å²) in [5.74, 6) is -1.47. The lowest BCUT2D eigenvalue weighted by atomic mass is 10.1. The van der Waals surface area contributed by atoms with Gasteiger partial charge in [0.05, 0.1) is 0 Å². The van der Waals surface area contributed by atoms with Crippen LogP contribution in [0, 0.1) is 6.92 Å². The zero-order chi connectivity index (χ0) is 13.7. The molecule has 0 fully saturated rings. The van der Waals surface area contributed by atoms with E-state index >= 15 is 0 Å². The molecule has 1 aromatic carbocycles. The third-order valence-corrected chi connectivity index (χ3v) is 3.38. The van der Waals surface area contributed by atoms with Gasteiger partial charge in [0.1, 0.15) is 6.04 Å². The molecule has 0 aromatic heterocycles. The predicted molar refractivity (Wildman–Crippen MR) is 72.6 cm³/mol. The van der Waals surface area contributed by atoms with E-state index in [0.29, 0.717) is 5.56 Å². The highest BCUT2D eigenvalue weighted by molar-refractivity contribution is 9.10. The first kappa shape index (κ1) is 14.4. The molecule has 1 rings (SSSR count). The summed E-state index contributed by atoms with van der Waals surface area (Å²) in [7, 11) is 0. The molecular formula is C13H14BrNO3. The van der Waals surface area contributed by atoms with Gasteiger partial charge in [0.25, 0.3) is 5.91 Å². The first-order chi connectivity index (χ1) is 8.47. The smallest absolute Gasteiger partial charge is 0.326 e. The van der Waals surface area contributed by atoms with Crippen molar-refractivity contribution >= 4 is 27.8 Å². The fourth-order valence-electron chi connectivity index (χ4n) is 1.48. The Balaban J connectivity index is 2.90. The van der Waals surface area contributed by atoms with Crippen LogP contribution in [-0.2, 0) is 4.79 Å². The van der Waals surface area contributed by atoms with Gasteiger partial charge in [-0.25, -0.2) is 4.79 Å². The summed E-state index contributed by atoms with van der Waals surface area (Å²) in [5.41, 5.74) is 1.23. The first-order valence-corrected chi connectivity index (χ1v) is 6.16. The van der Waals surface area contributed by atoms with Gasteiger partial charge in [-0.2, -0.15) is 0 Å². The topological polar surface area (TPSA) is 66.4 Å². The van der Waals surface area contributed by atoms with Crippen LogP contribution in [0.4, 0.5) is 0 Å². The molecule has 2 N–H and O–H groups in total. The van der Waals surface area contributed by atoms with E-state index in [0.717, 1.165) is 10.0 Å². The van der Waals surface area contributed by atoms with Gasteiger partial charge in [0.2, 0.25) is 0 Å². The Morgan fingerprint density at radius 1 is 1.56 bits per heavy atom. The highest BCUT2D eigenvalue weighted by Gasteiger charge is 2.20. The number of carboxylic acid groups (broad SMARTS) is 1. The molecule has 0 heterocycles. The standard InChI is InChI=1S/C13H14BrNO3/c1-3-5-11(13(17)18)15-12(16)9-6-4-7-10(14)8(9)2/h3-4,6-7,11H,1,5H2,2H3,(H,15,16)(H,17,18). The quantitative estimate of drug-likeness (QED) is 0.821. The van der Waals surface area contributed by atoms with E-state index in [4.69, 9.17) is 5.11 Å². The van der Waals surface area contributed by atoms with E-state index in [-0.39, 0.29) is 6.42 Å². The highest BCUT2D eigenvalue weighted by Crippen LogP contribution is 2.19. The van der Waals surface area contributed by atoms with Crippen LogP contribution in [0.3, 0.4) is 0 Å². The van der Waals surface area contributed by atoms with Crippen molar-refractivity contribution in [1.29, 1.82) is 0 Å². The number of halogens is 1. The Hall–Kier alpha value is -1.62. The average Bonchev–Trinajstić information content (AvgIpc) is 2.31. The van der Waals surface area contributed by atoms with Gasteiger partial charge >= 0.3 is 5.97 Å². The Morgan fingerprint density at radius 2 is 2.22 bits per heavy atom. The van der Waals surface area contributed by atoms with Crippen LogP contribution in [0.15, 0.2) is 35.3 Å². The van der Waals surface area contributed by atoms with Gasteiger partial charge in [-0.05, 0) is 31.0 Å². The van der Waals surface area contributed by atoms with Crippen LogP contribution in [0.1, 0.15) is 22.3 Å². The summed E-state index contributed by atoms with van der Waals surface area (Å²) >= 11 is 3.33. The summed E-state index contributed by atoms with van der Waals surface area (Å²) in [4.78, 5) is 22.9. The lowest BCUT2D eigenvalue weighted by Gasteiger charge is -2.14. The molecule has 0 radical (unpaired) electrons.